The summed E-state index contributed by atoms with van der Waals surface area (Å²) >= 11 is 0. The van der Waals surface area contributed by atoms with Gasteiger partial charge < -0.3 is 10.2 Å². The van der Waals surface area contributed by atoms with Gasteiger partial charge >= 0.3 is 0 Å². The van der Waals surface area contributed by atoms with Gasteiger partial charge in [-0.3, -0.25) is 4.79 Å². The molecule has 1 aromatic carbocycles. The number of carbonyl (C=O) groups excluding carboxylic acids is 1. The first-order chi connectivity index (χ1) is 10.2. The first-order valence-electron chi connectivity index (χ1n) is 7.71. The van der Waals surface area contributed by atoms with Crippen molar-refractivity contribution in [3.05, 3.63) is 35.4 Å². The third-order valence-electron chi connectivity index (χ3n) is 4.10. The monoisotopic (exact) mass is 285 g/mol. The number of amides is 1. The van der Waals surface area contributed by atoms with Crippen LogP contribution < -0.4 is 5.32 Å². The van der Waals surface area contributed by atoms with Crippen molar-refractivity contribution in [2.24, 2.45) is 5.92 Å². The quantitative estimate of drug-likeness (QED) is 0.903. The largest absolute Gasteiger partial charge is 0.339 e. The van der Waals surface area contributed by atoms with Gasteiger partial charge in [0.25, 0.3) is 0 Å². The van der Waals surface area contributed by atoms with Gasteiger partial charge in [0.15, 0.2) is 0 Å². The highest BCUT2D eigenvalue weighted by atomic mass is 16.2. The van der Waals surface area contributed by atoms with E-state index in [4.69, 9.17) is 5.26 Å². The summed E-state index contributed by atoms with van der Waals surface area (Å²) in [6.07, 6.45) is 2.89. The Morgan fingerprint density at radius 1 is 1.48 bits per heavy atom. The summed E-state index contributed by atoms with van der Waals surface area (Å²) in [5, 5.41) is 12.5. The molecule has 1 N–H and O–H groups in total. The molecule has 0 spiro atoms. The molecule has 4 nitrogen and oxygen atoms in total. The van der Waals surface area contributed by atoms with Crippen molar-refractivity contribution in [2.75, 3.05) is 19.6 Å². The Kier molecular flexibility index (Phi) is 5.77. The normalized spacial score (nSPS) is 18.0. The van der Waals surface area contributed by atoms with Gasteiger partial charge in [-0.2, -0.15) is 5.26 Å². The Morgan fingerprint density at radius 2 is 2.29 bits per heavy atom. The maximum Gasteiger partial charge on any atom is 0.223 e. The van der Waals surface area contributed by atoms with Crippen molar-refractivity contribution in [2.45, 2.75) is 32.7 Å². The molecule has 1 amide bonds. The zero-order valence-corrected chi connectivity index (χ0v) is 12.6. The van der Waals surface area contributed by atoms with E-state index in [1.165, 1.54) is 0 Å². The molecule has 1 unspecified atom stereocenters. The molecule has 0 aromatic heterocycles. The number of piperidine rings is 1. The minimum absolute atomic E-state index is 0.193. The van der Waals surface area contributed by atoms with Crippen LogP contribution in [0, 0.1) is 17.2 Å². The number of nitriles is 1. The van der Waals surface area contributed by atoms with Crippen LogP contribution in [-0.4, -0.2) is 30.4 Å². The minimum atomic E-state index is 0.193. The average Bonchev–Trinajstić information content (AvgIpc) is 2.53. The van der Waals surface area contributed by atoms with Crippen LogP contribution in [-0.2, 0) is 11.3 Å². The van der Waals surface area contributed by atoms with Crippen LogP contribution in [0.15, 0.2) is 24.3 Å². The molecule has 0 bridgehead atoms. The summed E-state index contributed by atoms with van der Waals surface area (Å²) in [5.74, 6) is 0.644. The van der Waals surface area contributed by atoms with Crippen LogP contribution in [0.25, 0.3) is 0 Å². The Bertz CT molecular complexity index is 515. The number of carbonyl (C=O) groups is 1. The molecule has 1 aromatic rings. The smallest absolute Gasteiger partial charge is 0.223 e. The van der Waals surface area contributed by atoms with Gasteiger partial charge in [0.2, 0.25) is 5.91 Å². The number of nitrogens with one attached hydrogen (secondary N) is 1. The average molecular weight is 285 g/mol. The zero-order valence-electron chi connectivity index (χ0n) is 12.6. The number of rotatable bonds is 5. The van der Waals surface area contributed by atoms with E-state index in [-0.39, 0.29) is 5.91 Å². The Hall–Kier alpha value is -1.86. The Balaban J connectivity index is 1.98. The van der Waals surface area contributed by atoms with E-state index in [1.54, 1.807) is 6.07 Å². The molecule has 1 aliphatic heterocycles. The molecule has 4 heteroatoms. The highest BCUT2D eigenvalue weighted by Crippen LogP contribution is 2.17. The topological polar surface area (TPSA) is 56.1 Å². The van der Waals surface area contributed by atoms with Crippen LogP contribution in [0.5, 0.6) is 0 Å². The third kappa shape index (κ3) is 4.30. The molecule has 1 atom stereocenters. The molecule has 0 radical (unpaired) electrons. The second-order valence-electron chi connectivity index (χ2n) is 5.59. The number of benzene rings is 1. The third-order valence-corrected chi connectivity index (χ3v) is 4.10. The van der Waals surface area contributed by atoms with Gasteiger partial charge in [-0.25, -0.2) is 0 Å². The van der Waals surface area contributed by atoms with Crippen molar-refractivity contribution >= 4 is 5.91 Å². The highest BCUT2D eigenvalue weighted by Gasteiger charge is 2.20. The van der Waals surface area contributed by atoms with E-state index in [0.717, 1.165) is 31.5 Å². The lowest BCUT2D eigenvalue weighted by molar-refractivity contribution is -0.132. The van der Waals surface area contributed by atoms with E-state index in [2.05, 4.69) is 11.4 Å². The van der Waals surface area contributed by atoms with Crippen LogP contribution >= 0.6 is 0 Å². The molecule has 1 fully saturated rings. The van der Waals surface area contributed by atoms with E-state index < -0.39 is 0 Å². The standard InChI is InChI=1S/C17H23N3O/c1-2-20(13-16-8-4-3-7-15(16)11-18)17(21)10-14-6-5-9-19-12-14/h3-4,7-8,14,19H,2,5-6,9-10,12-13H2,1H3. The maximum absolute atomic E-state index is 12.5. The Labute approximate surface area is 126 Å². The summed E-state index contributed by atoms with van der Waals surface area (Å²) in [7, 11) is 0. The van der Waals surface area contributed by atoms with Gasteiger partial charge in [-0.15, -0.1) is 0 Å². The molecule has 1 saturated heterocycles. The van der Waals surface area contributed by atoms with Crippen LogP contribution in [0.4, 0.5) is 0 Å². The molecule has 1 aliphatic rings. The SMILES string of the molecule is CCN(Cc1ccccc1C#N)C(=O)CC1CCCNC1. The second kappa shape index (κ2) is 7.80. The minimum Gasteiger partial charge on any atom is -0.339 e. The van der Waals surface area contributed by atoms with Gasteiger partial charge in [0, 0.05) is 19.5 Å². The second-order valence-corrected chi connectivity index (χ2v) is 5.59. The van der Waals surface area contributed by atoms with Gasteiger partial charge in [-0.1, -0.05) is 18.2 Å². The van der Waals surface area contributed by atoms with Crippen molar-refractivity contribution in [1.29, 1.82) is 5.26 Å². The van der Waals surface area contributed by atoms with E-state index in [9.17, 15) is 4.79 Å². The summed E-state index contributed by atoms with van der Waals surface area (Å²) < 4.78 is 0. The summed E-state index contributed by atoms with van der Waals surface area (Å²) in [5.41, 5.74) is 1.58. The molecule has 0 aliphatic carbocycles. The molecule has 0 saturated carbocycles. The number of hydrogen-bond donors (Lipinski definition) is 1. The predicted octanol–water partition coefficient (Wildman–Crippen LogP) is 2.30. The maximum atomic E-state index is 12.5. The molecule has 2 rings (SSSR count). The summed E-state index contributed by atoms with van der Waals surface area (Å²) in [6, 6.07) is 9.70. The van der Waals surface area contributed by atoms with E-state index in [0.29, 0.717) is 31.0 Å². The number of hydrogen-bond acceptors (Lipinski definition) is 3. The van der Waals surface area contributed by atoms with Crippen LogP contribution in [0.2, 0.25) is 0 Å². The predicted molar refractivity (Wildman–Crippen MR) is 82.5 cm³/mol. The fourth-order valence-electron chi connectivity index (χ4n) is 2.82. The summed E-state index contributed by atoms with van der Waals surface area (Å²) in [4.78, 5) is 14.3. The number of nitrogens with zero attached hydrogens (tertiary/aromatic N) is 2. The first kappa shape index (κ1) is 15.5. The van der Waals surface area contributed by atoms with Gasteiger partial charge in [0.1, 0.15) is 0 Å². The van der Waals surface area contributed by atoms with Gasteiger partial charge in [-0.05, 0) is 50.4 Å². The molecule has 1 heterocycles. The Morgan fingerprint density at radius 3 is 2.95 bits per heavy atom. The summed E-state index contributed by atoms with van der Waals surface area (Å²) in [6.45, 7) is 5.21. The molecular formula is C17H23N3O. The van der Waals surface area contributed by atoms with Crippen LogP contribution in [0.3, 0.4) is 0 Å². The van der Waals surface area contributed by atoms with Crippen molar-refractivity contribution in [3.8, 4) is 6.07 Å². The molecular weight excluding hydrogens is 262 g/mol. The fraction of sp³-hybridized carbons (Fsp3) is 0.529. The molecule has 21 heavy (non-hydrogen) atoms. The van der Waals surface area contributed by atoms with Crippen molar-refractivity contribution in [3.63, 3.8) is 0 Å². The lowest BCUT2D eigenvalue weighted by atomic mass is 9.95. The molecule has 112 valence electrons. The van der Waals surface area contributed by atoms with Crippen LogP contribution in [0.1, 0.15) is 37.3 Å². The zero-order chi connectivity index (χ0) is 15.1. The van der Waals surface area contributed by atoms with E-state index in [1.807, 2.05) is 30.0 Å². The first-order valence-corrected chi connectivity index (χ1v) is 7.71. The van der Waals surface area contributed by atoms with Gasteiger partial charge in [0.05, 0.1) is 11.6 Å². The van der Waals surface area contributed by atoms with Crippen molar-refractivity contribution in [1.82, 2.24) is 10.2 Å². The lowest BCUT2D eigenvalue weighted by Crippen LogP contribution is -2.36. The van der Waals surface area contributed by atoms with Crippen molar-refractivity contribution < 1.29 is 4.79 Å². The highest BCUT2D eigenvalue weighted by molar-refractivity contribution is 5.76. The lowest BCUT2D eigenvalue weighted by Gasteiger charge is -2.27. The fourth-order valence-corrected chi connectivity index (χ4v) is 2.82. The van der Waals surface area contributed by atoms with E-state index >= 15 is 0 Å².